The third-order valence-corrected chi connectivity index (χ3v) is 4.14. The van der Waals surface area contributed by atoms with Gasteiger partial charge in [-0.2, -0.15) is 0 Å². The lowest BCUT2D eigenvalue weighted by atomic mass is 9.97. The Morgan fingerprint density at radius 3 is 1.72 bits per heavy atom. The van der Waals surface area contributed by atoms with Crippen molar-refractivity contribution in [2.45, 2.75) is 76.7 Å². The van der Waals surface area contributed by atoms with E-state index in [1.807, 2.05) is 11.9 Å². The van der Waals surface area contributed by atoms with E-state index >= 15 is 0 Å². The molecule has 104 valence electrons. The van der Waals surface area contributed by atoms with Gasteiger partial charge in [-0.25, -0.2) is 0 Å². The van der Waals surface area contributed by atoms with Crippen LogP contribution in [0.4, 0.5) is 0 Å². The molecular weight excluding hydrogens is 222 g/mol. The minimum Gasteiger partial charge on any atom is -0.339 e. The van der Waals surface area contributed by atoms with Gasteiger partial charge < -0.3 is 4.90 Å². The van der Waals surface area contributed by atoms with Crippen LogP contribution in [-0.4, -0.2) is 23.9 Å². The van der Waals surface area contributed by atoms with E-state index in [2.05, 4.69) is 6.58 Å². The van der Waals surface area contributed by atoms with Crippen molar-refractivity contribution in [3.05, 3.63) is 12.7 Å². The van der Waals surface area contributed by atoms with E-state index in [1.54, 1.807) is 0 Å². The van der Waals surface area contributed by atoms with Crippen molar-refractivity contribution in [3.63, 3.8) is 0 Å². The van der Waals surface area contributed by atoms with Gasteiger partial charge in [-0.15, -0.1) is 0 Å². The van der Waals surface area contributed by atoms with Gasteiger partial charge in [0, 0.05) is 13.1 Å². The van der Waals surface area contributed by atoms with E-state index in [-0.39, 0.29) is 5.91 Å². The molecule has 0 aromatic heterocycles. The number of amides is 1. The summed E-state index contributed by atoms with van der Waals surface area (Å²) in [7, 11) is 1.93. The Labute approximate surface area is 112 Å². The Bertz CT molecular complexity index is 237. The molecule has 0 unspecified atom stereocenters. The van der Waals surface area contributed by atoms with Crippen LogP contribution in [0.25, 0.3) is 0 Å². The van der Waals surface area contributed by atoms with Crippen LogP contribution < -0.4 is 0 Å². The standard InChI is InChI=1S/C16H29NO/c1-3-16(18)17(2)15-13-11-9-7-5-4-6-8-10-12-14-15/h3,15H,1,4-14H2,2H3. The van der Waals surface area contributed by atoms with Crippen molar-refractivity contribution in [1.82, 2.24) is 4.90 Å². The highest BCUT2D eigenvalue weighted by atomic mass is 16.2. The fourth-order valence-electron chi connectivity index (χ4n) is 2.85. The van der Waals surface area contributed by atoms with Crippen LogP contribution in [0.3, 0.4) is 0 Å². The van der Waals surface area contributed by atoms with Crippen molar-refractivity contribution in [3.8, 4) is 0 Å². The lowest BCUT2D eigenvalue weighted by Gasteiger charge is -2.28. The molecule has 0 bridgehead atoms. The third-order valence-electron chi connectivity index (χ3n) is 4.14. The monoisotopic (exact) mass is 251 g/mol. The lowest BCUT2D eigenvalue weighted by molar-refractivity contribution is -0.127. The molecule has 0 radical (unpaired) electrons. The molecule has 1 saturated carbocycles. The van der Waals surface area contributed by atoms with Crippen molar-refractivity contribution >= 4 is 5.91 Å². The van der Waals surface area contributed by atoms with Crippen LogP contribution in [0, 0.1) is 0 Å². The second-order valence-electron chi connectivity index (χ2n) is 5.57. The summed E-state index contributed by atoms with van der Waals surface area (Å²) in [6.45, 7) is 3.59. The van der Waals surface area contributed by atoms with Gasteiger partial charge in [0.2, 0.25) is 5.91 Å². The molecule has 1 rings (SSSR count). The topological polar surface area (TPSA) is 20.3 Å². The first-order valence-corrected chi connectivity index (χ1v) is 7.65. The molecule has 0 saturated heterocycles. The van der Waals surface area contributed by atoms with Crippen LogP contribution in [0.15, 0.2) is 12.7 Å². The highest BCUT2D eigenvalue weighted by molar-refractivity contribution is 5.86. The largest absolute Gasteiger partial charge is 0.339 e. The van der Waals surface area contributed by atoms with Crippen molar-refractivity contribution in [1.29, 1.82) is 0 Å². The minimum atomic E-state index is 0.0760. The molecule has 0 aliphatic heterocycles. The Balaban J connectivity index is 2.45. The quantitative estimate of drug-likeness (QED) is 0.670. The van der Waals surface area contributed by atoms with Crippen LogP contribution in [0.1, 0.15) is 70.6 Å². The van der Waals surface area contributed by atoms with Crippen LogP contribution in [-0.2, 0) is 4.79 Å². The van der Waals surface area contributed by atoms with Crippen LogP contribution in [0.2, 0.25) is 0 Å². The average molecular weight is 251 g/mol. The number of carbonyl (C=O) groups is 1. The maximum Gasteiger partial charge on any atom is 0.245 e. The van der Waals surface area contributed by atoms with Gasteiger partial charge in [-0.05, 0) is 18.9 Å². The first-order chi connectivity index (χ1) is 8.75. The molecule has 0 spiro atoms. The summed E-state index contributed by atoms with van der Waals surface area (Å²) in [4.78, 5) is 13.6. The molecule has 0 heterocycles. The van der Waals surface area contributed by atoms with Gasteiger partial charge in [0.25, 0.3) is 0 Å². The van der Waals surface area contributed by atoms with E-state index in [4.69, 9.17) is 0 Å². The summed E-state index contributed by atoms with van der Waals surface area (Å²) in [5.74, 6) is 0.0760. The Morgan fingerprint density at radius 2 is 1.33 bits per heavy atom. The molecule has 1 amide bonds. The molecular formula is C16H29NO. The van der Waals surface area contributed by atoms with Crippen LogP contribution in [0.5, 0.6) is 0 Å². The molecule has 2 nitrogen and oxygen atoms in total. The number of nitrogens with zero attached hydrogens (tertiary/aromatic N) is 1. The fraction of sp³-hybridized carbons (Fsp3) is 0.812. The first-order valence-electron chi connectivity index (χ1n) is 7.65. The van der Waals surface area contributed by atoms with Crippen LogP contribution >= 0.6 is 0 Å². The van der Waals surface area contributed by atoms with E-state index in [0.717, 1.165) is 12.8 Å². The Hall–Kier alpha value is -0.790. The van der Waals surface area contributed by atoms with E-state index < -0.39 is 0 Å². The summed E-state index contributed by atoms with van der Waals surface area (Å²) in [6.07, 6.45) is 15.9. The SMILES string of the molecule is C=CC(=O)N(C)C1CCCCCCCCCCC1. The van der Waals surface area contributed by atoms with Gasteiger partial charge in [-0.1, -0.05) is 64.4 Å². The highest BCUT2D eigenvalue weighted by Crippen LogP contribution is 2.19. The number of hydrogen-bond donors (Lipinski definition) is 0. The second-order valence-corrected chi connectivity index (χ2v) is 5.57. The smallest absolute Gasteiger partial charge is 0.245 e. The second kappa shape index (κ2) is 9.18. The first kappa shape index (κ1) is 15.3. The summed E-state index contributed by atoms with van der Waals surface area (Å²) >= 11 is 0. The molecule has 0 aromatic carbocycles. The molecule has 0 N–H and O–H groups in total. The van der Waals surface area contributed by atoms with E-state index in [0.29, 0.717) is 6.04 Å². The maximum absolute atomic E-state index is 11.7. The predicted octanol–water partition coefficient (Wildman–Crippen LogP) is 4.30. The third kappa shape index (κ3) is 5.70. The molecule has 1 fully saturated rings. The predicted molar refractivity (Wildman–Crippen MR) is 77.5 cm³/mol. The van der Waals surface area contributed by atoms with Crippen molar-refractivity contribution < 1.29 is 4.79 Å². The zero-order chi connectivity index (χ0) is 13.2. The van der Waals surface area contributed by atoms with Gasteiger partial charge in [0.15, 0.2) is 0 Å². The molecule has 0 aromatic rings. The zero-order valence-corrected chi connectivity index (χ0v) is 12.0. The minimum absolute atomic E-state index is 0.0760. The normalized spacial score (nSPS) is 20.5. The van der Waals surface area contributed by atoms with E-state index in [1.165, 1.54) is 63.9 Å². The number of rotatable bonds is 2. The fourth-order valence-corrected chi connectivity index (χ4v) is 2.85. The van der Waals surface area contributed by atoms with Crippen molar-refractivity contribution in [2.24, 2.45) is 0 Å². The maximum atomic E-state index is 11.7. The van der Waals surface area contributed by atoms with Gasteiger partial charge in [0.05, 0.1) is 0 Å². The molecule has 0 atom stereocenters. The highest BCUT2D eigenvalue weighted by Gasteiger charge is 2.17. The average Bonchev–Trinajstić information content (AvgIpc) is 2.37. The molecule has 18 heavy (non-hydrogen) atoms. The Morgan fingerprint density at radius 1 is 0.944 bits per heavy atom. The van der Waals surface area contributed by atoms with Gasteiger partial charge >= 0.3 is 0 Å². The summed E-state index contributed by atoms with van der Waals surface area (Å²) in [6, 6.07) is 0.426. The van der Waals surface area contributed by atoms with Gasteiger partial charge in [-0.3, -0.25) is 4.79 Å². The number of hydrogen-bond acceptors (Lipinski definition) is 1. The Kier molecular flexibility index (Phi) is 7.79. The number of likely N-dealkylation sites (N-methyl/N-ethyl adjacent to an activating group) is 1. The molecule has 1 aliphatic rings. The van der Waals surface area contributed by atoms with Gasteiger partial charge in [0.1, 0.15) is 0 Å². The molecule has 1 aliphatic carbocycles. The molecule has 2 heteroatoms. The zero-order valence-electron chi connectivity index (χ0n) is 12.0. The number of carbonyl (C=O) groups excluding carboxylic acids is 1. The lowest BCUT2D eigenvalue weighted by Crippen LogP contribution is -2.36. The van der Waals surface area contributed by atoms with Crippen molar-refractivity contribution in [2.75, 3.05) is 7.05 Å². The summed E-state index contributed by atoms with van der Waals surface area (Å²) < 4.78 is 0. The summed E-state index contributed by atoms with van der Waals surface area (Å²) in [5, 5.41) is 0. The van der Waals surface area contributed by atoms with E-state index in [9.17, 15) is 4.79 Å². The summed E-state index contributed by atoms with van der Waals surface area (Å²) in [5.41, 5.74) is 0.